The predicted octanol–water partition coefficient (Wildman–Crippen LogP) is 5.22. The Morgan fingerprint density at radius 2 is 1.70 bits per heavy atom. The van der Waals surface area contributed by atoms with Crippen LogP contribution in [0.5, 0.6) is 0 Å². The highest BCUT2D eigenvalue weighted by Gasteiger charge is 2.12. The molecule has 0 aliphatic rings. The van der Waals surface area contributed by atoms with Gasteiger partial charge in [-0.25, -0.2) is 0 Å². The average Bonchev–Trinajstić information content (AvgIpc) is 2.33. The molecule has 0 amide bonds. The molecular formula is C17H19BrClN. The first-order chi connectivity index (χ1) is 9.47. The molecule has 2 aromatic carbocycles. The van der Waals surface area contributed by atoms with Crippen LogP contribution < -0.4 is 5.32 Å². The molecule has 2 rings (SSSR count). The second kappa shape index (κ2) is 6.75. The molecule has 0 aromatic heterocycles. The standard InChI is InChI=1S/C17H19BrClN/c1-11-4-12(2)6-13(5-11)7-17(20-3)14-8-15(18)10-16(19)9-14/h4-6,8-10,17,20H,7H2,1-3H3. The molecule has 0 spiro atoms. The summed E-state index contributed by atoms with van der Waals surface area (Å²) in [6.07, 6.45) is 0.950. The van der Waals surface area contributed by atoms with E-state index in [-0.39, 0.29) is 6.04 Å². The van der Waals surface area contributed by atoms with Crippen molar-refractivity contribution in [2.75, 3.05) is 7.05 Å². The van der Waals surface area contributed by atoms with Crippen molar-refractivity contribution in [3.8, 4) is 0 Å². The van der Waals surface area contributed by atoms with E-state index in [2.05, 4.69) is 59.4 Å². The number of likely N-dealkylation sites (N-methyl/N-ethyl adjacent to an activating group) is 1. The van der Waals surface area contributed by atoms with E-state index in [1.807, 2.05) is 19.2 Å². The van der Waals surface area contributed by atoms with Crippen LogP contribution in [0.25, 0.3) is 0 Å². The van der Waals surface area contributed by atoms with Crippen LogP contribution in [0.4, 0.5) is 0 Å². The van der Waals surface area contributed by atoms with E-state index in [4.69, 9.17) is 11.6 Å². The van der Waals surface area contributed by atoms with Crippen molar-refractivity contribution in [3.05, 3.63) is 68.1 Å². The van der Waals surface area contributed by atoms with Crippen LogP contribution in [0.2, 0.25) is 5.02 Å². The number of halogens is 2. The largest absolute Gasteiger partial charge is 0.313 e. The van der Waals surface area contributed by atoms with Gasteiger partial charge in [0.15, 0.2) is 0 Å². The minimum absolute atomic E-state index is 0.256. The van der Waals surface area contributed by atoms with Crippen LogP contribution in [0.3, 0.4) is 0 Å². The summed E-state index contributed by atoms with van der Waals surface area (Å²) in [4.78, 5) is 0. The summed E-state index contributed by atoms with van der Waals surface area (Å²) in [7, 11) is 1.99. The molecule has 0 saturated carbocycles. The van der Waals surface area contributed by atoms with E-state index in [9.17, 15) is 0 Å². The van der Waals surface area contributed by atoms with E-state index in [1.165, 1.54) is 22.3 Å². The summed E-state index contributed by atoms with van der Waals surface area (Å²) in [6, 6.07) is 13.0. The number of aryl methyl sites for hydroxylation is 2. The third-order valence-electron chi connectivity index (χ3n) is 3.36. The van der Waals surface area contributed by atoms with Crippen molar-refractivity contribution in [2.24, 2.45) is 0 Å². The van der Waals surface area contributed by atoms with Crippen molar-refractivity contribution in [3.63, 3.8) is 0 Å². The van der Waals surface area contributed by atoms with Gasteiger partial charge in [-0.3, -0.25) is 0 Å². The maximum atomic E-state index is 6.15. The summed E-state index contributed by atoms with van der Waals surface area (Å²) < 4.78 is 1.01. The number of hydrogen-bond donors (Lipinski definition) is 1. The SMILES string of the molecule is CNC(Cc1cc(C)cc(C)c1)c1cc(Cl)cc(Br)c1. The molecule has 0 saturated heterocycles. The Morgan fingerprint density at radius 3 is 2.25 bits per heavy atom. The fourth-order valence-electron chi connectivity index (χ4n) is 2.59. The lowest BCUT2D eigenvalue weighted by Crippen LogP contribution is -2.19. The zero-order chi connectivity index (χ0) is 14.7. The first-order valence-corrected chi connectivity index (χ1v) is 7.85. The second-order valence-electron chi connectivity index (χ2n) is 5.24. The Kier molecular flexibility index (Phi) is 5.25. The zero-order valence-corrected chi connectivity index (χ0v) is 14.3. The molecule has 0 heterocycles. The lowest BCUT2D eigenvalue weighted by Gasteiger charge is -2.18. The number of hydrogen-bond acceptors (Lipinski definition) is 1. The van der Waals surface area contributed by atoms with Crippen LogP contribution in [0.15, 0.2) is 40.9 Å². The second-order valence-corrected chi connectivity index (χ2v) is 6.60. The molecule has 1 atom stereocenters. The molecule has 0 fully saturated rings. The highest BCUT2D eigenvalue weighted by molar-refractivity contribution is 9.10. The van der Waals surface area contributed by atoms with Gasteiger partial charge >= 0.3 is 0 Å². The number of nitrogens with one attached hydrogen (secondary N) is 1. The van der Waals surface area contributed by atoms with Gasteiger partial charge in [0.05, 0.1) is 0 Å². The van der Waals surface area contributed by atoms with Crippen LogP contribution >= 0.6 is 27.5 Å². The van der Waals surface area contributed by atoms with E-state index in [1.54, 1.807) is 0 Å². The van der Waals surface area contributed by atoms with Crippen LogP contribution in [-0.2, 0) is 6.42 Å². The van der Waals surface area contributed by atoms with Gasteiger partial charge in [0.1, 0.15) is 0 Å². The molecule has 106 valence electrons. The molecule has 1 nitrogen and oxygen atoms in total. The molecule has 0 bridgehead atoms. The summed E-state index contributed by atoms with van der Waals surface area (Å²) in [6.45, 7) is 4.28. The Morgan fingerprint density at radius 1 is 1.05 bits per heavy atom. The highest BCUT2D eigenvalue weighted by Crippen LogP contribution is 2.26. The zero-order valence-electron chi connectivity index (χ0n) is 12.0. The molecule has 0 aliphatic heterocycles. The molecule has 0 radical (unpaired) electrons. The molecule has 1 N–H and O–H groups in total. The summed E-state index contributed by atoms with van der Waals surface area (Å²) in [5.41, 5.74) is 5.16. The van der Waals surface area contributed by atoms with Crippen molar-refractivity contribution in [1.82, 2.24) is 5.32 Å². The maximum absolute atomic E-state index is 6.15. The first-order valence-electron chi connectivity index (χ1n) is 6.68. The highest BCUT2D eigenvalue weighted by atomic mass is 79.9. The van der Waals surface area contributed by atoms with Gasteiger partial charge < -0.3 is 5.32 Å². The fraction of sp³-hybridized carbons (Fsp3) is 0.294. The normalized spacial score (nSPS) is 12.4. The molecular weight excluding hydrogens is 334 g/mol. The smallest absolute Gasteiger partial charge is 0.0420 e. The summed E-state index contributed by atoms with van der Waals surface area (Å²) in [5.74, 6) is 0. The van der Waals surface area contributed by atoms with Gasteiger partial charge in [0.2, 0.25) is 0 Å². The Bertz CT molecular complexity index is 569. The number of rotatable bonds is 4. The lowest BCUT2D eigenvalue weighted by atomic mass is 9.97. The topological polar surface area (TPSA) is 12.0 Å². The minimum Gasteiger partial charge on any atom is -0.313 e. The van der Waals surface area contributed by atoms with E-state index >= 15 is 0 Å². The third kappa shape index (κ3) is 4.08. The van der Waals surface area contributed by atoms with E-state index in [0.717, 1.165) is 15.9 Å². The van der Waals surface area contributed by atoms with Crippen molar-refractivity contribution in [2.45, 2.75) is 26.3 Å². The Labute approximate surface area is 134 Å². The quantitative estimate of drug-likeness (QED) is 0.795. The van der Waals surface area contributed by atoms with Gasteiger partial charge in [0.25, 0.3) is 0 Å². The van der Waals surface area contributed by atoms with Crippen LogP contribution in [-0.4, -0.2) is 7.05 Å². The molecule has 0 aliphatic carbocycles. The fourth-order valence-corrected chi connectivity index (χ4v) is 3.47. The third-order valence-corrected chi connectivity index (χ3v) is 4.03. The van der Waals surface area contributed by atoms with Gasteiger partial charge in [-0.05, 0) is 56.6 Å². The summed E-state index contributed by atoms with van der Waals surface area (Å²) >= 11 is 9.65. The van der Waals surface area contributed by atoms with Crippen molar-refractivity contribution in [1.29, 1.82) is 0 Å². The Balaban J connectivity index is 2.28. The average molecular weight is 353 g/mol. The molecule has 3 heteroatoms. The molecule has 1 unspecified atom stereocenters. The van der Waals surface area contributed by atoms with Gasteiger partial charge in [-0.15, -0.1) is 0 Å². The van der Waals surface area contributed by atoms with Gasteiger partial charge in [-0.1, -0.05) is 56.9 Å². The predicted molar refractivity (Wildman–Crippen MR) is 90.6 cm³/mol. The molecule has 20 heavy (non-hydrogen) atoms. The Hall–Kier alpha value is -0.830. The van der Waals surface area contributed by atoms with Gasteiger partial charge in [-0.2, -0.15) is 0 Å². The monoisotopic (exact) mass is 351 g/mol. The van der Waals surface area contributed by atoms with E-state index in [0.29, 0.717) is 0 Å². The summed E-state index contributed by atoms with van der Waals surface area (Å²) in [5, 5.41) is 4.14. The maximum Gasteiger partial charge on any atom is 0.0420 e. The van der Waals surface area contributed by atoms with Crippen molar-refractivity contribution >= 4 is 27.5 Å². The van der Waals surface area contributed by atoms with E-state index < -0.39 is 0 Å². The number of benzene rings is 2. The van der Waals surface area contributed by atoms with Crippen LogP contribution in [0.1, 0.15) is 28.3 Å². The first kappa shape index (κ1) is 15.6. The van der Waals surface area contributed by atoms with Crippen LogP contribution in [0, 0.1) is 13.8 Å². The van der Waals surface area contributed by atoms with Gasteiger partial charge in [0, 0.05) is 15.5 Å². The minimum atomic E-state index is 0.256. The lowest BCUT2D eigenvalue weighted by molar-refractivity contribution is 0.591. The molecule has 2 aromatic rings. The van der Waals surface area contributed by atoms with Crippen molar-refractivity contribution < 1.29 is 0 Å².